The molecule has 0 saturated heterocycles. The van der Waals surface area contributed by atoms with Crippen LogP contribution in [0, 0.1) is 0 Å². The Labute approximate surface area is 384 Å². The zero-order valence-corrected chi connectivity index (χ0v) is 36.2. The van der Waals surface area contributed by atoms with Crippen LogP contribution in [0.5, 0.6) is 0 Å². The van der Waals surface area contributed by atoms with Crippen LogP contribution in [0.4, 0.5) is 17.1 Å². The molecule has 0 bridgehead atoms. The molecule has 0 spiro atoms. The van der Waals surface area contributed by atoms with E-state index in [0.29, 0.717) is 0 Å². The summed E-state index contributed by atoms with van der Waals surface area (Å²) in [6.45, 7) is 0. The maximum absolute atomic E-state index is 6.51. The van der Waals surface area contributed by atoms with Crippen molar-refractivity contribution in [3.63, 3.8) is 0 Å². The number of anilines is 3. The summed E-state index contributed by atoms with van der Waals surface area (Å²) in [5, 5.41) is 4.70. The molecule has 0 unspecified atom stereocenters. The van der Waals surface area contributed by atoms with Gasteiger partial charge < -0.3 is 9.32 Å². The second kappa shape index (κ2) is 16.8. The first kappa shape index (κ1) is 38.9. The summed E-state index contributed by atoms with van der Waals surface area (Å²) < 4.78 is 6.51. The van der Waals surface area contributed by atoms with Crippen LogP contribution in [0.1, 0.15) is 0 Å². The minimum atomic E-state index is 0.897. The third-order valence-corrected chi connectivity index (χ3v) is 12.9. The van der Waals surface area contributed by atoms with Crippen LogP contribution >= 0.6 is 0 Å². The van der Waals surface area contributed by atoms with Crippen LogP contribution in [-0.4, -0.2) is 0 Å². The summed E-state index contributed by atoms with van der Waals surface area (Å²) >= 11 is 0. The Bertz CT molecular complexity index is 3690. The number of nitrogens with zero attached hydrogens (tertiary/aromatic N) is 1. The van der Waals surface area contributed by atoms with Gasteiger partial charge in [-0.15, -0.1) is 0 Å². The molecule has 0 saturated carbocycles. The second-order valence-electron chi connectivity index (χ2n) is 16.8. The van der Waals surface area contributed by atoms with E-state index in [1.54, 1.807) is 0 Å². The van der Waals surface area contributed by atoms with Crippen LogP contribution in [0.15, 0.2) is 265 Å². The van der Waals surface area contributed by atoms with E-state index in [4.69, 9.17) is 4.42 Å². The minimum absolute atomic E-state index is 0.897. The highest BCUT2D eigenvalue weighted by Gasteiger charge is 2.22. The van der Waals surface area contributed by atoms with E-state index in [2.05, 4.69) is 254 Å². The summed E-state index contributed by atoms with van der Waals surface area (Å²) in [5.74, 6) is 0. The van der Waals surface area contributed by atoms with Crippen LogP contribution in [-0.2, 0) is 0 Å². The van der Waals surface area contributed by atoms with Crippen molar-refractivity contribution in [1.82, 2.24) is 0 Å². The van der Waals surface area contributed by atoms with E-state index in [0.717, 1.165) is 66.8 Å². The second-order valence-corrected chi connectivity index (χ2v) is 16.8. The largest absolute Gasteiger partial charge is 0.455 e. The molecule has 1 aromatic heterocycles. The van der Waals surface area contributed by atoms with Crippen molar-refractivity contribution in [3.8, 4) is 66.8 Å². The lowest BCUT2D eigenvalue weighted by Gasteiger charge is -2.29. The molecule has 12 rings (SSSR count). The lowest BCUT2D eigenvalue weighted by molar-refractivity contribution is 0.670. The highest BCUT2D eigenvalue weighted by atomic mass is 16.3. The molecule has 12 aromatic rings. The third-order valence-electron chi connectivity index (χ3n) is 12.9. The van der Waals surface area contributed by atoms with Crippen molar-refractivity contribution in [2.75, 3.05) is 4.90 Å². The first-order valence-electron chi connectivity index (χ1n) is 22.6. The molecule has 2 nitrogen and oxygen atoms in total. The van der Waals surface area contributed by atoms with E-state index in [9.17, 15) is 0 Å². The lowest BCUT2D eigenvalue weighted by atomic mass is 9.87. The fraction of sp³-hybridized carbons (Fsp3) is 0. The molecule has 0 aliphatic carbocycles. The average molecular weight is 842 g/mol. The molecule has 2 heteroatoms. The van der Waals surface area contributed by atoms with Crippen molar-refractivity contribution in [3.05, 3.63) is 261 Å². The first-order chi connectivity index (χ1) is 32.7. The molecule has 66 heavy (non-hydrogen) atoms. The maximum Gasteiger partial charge on any atom is 0.143 e. The van der Waals surface area contributed by atoms with Crippen molar-refractivity contribution in [2.24, 2.45) is 0 Å². The van der Waals surface area contributed by atoms with Crippen molar-refractivity contribution in [2.45, 2.75) is 0 Å². The van der Waals surface area contributed by atoms with Gasteiger partial charge in [-0.25, -0.2) is 0 Å². The summed E-state index contributed by atoms with van der Waals surface area (Å²) in [6, 6.07) is 94.0. The molecular formula is C64H43NO. The topological polar surface area (TPSA) is 16.4 Å². The van der Waals surface area contributed by atoms with Gasteiger partial charge in [-0.2, -0.15) is 0 Å². The van der Waals surface area contributed by atoms with Gasteiger partial charge in [-0.1, -0.05) is 218 Å². The number of para-hydroxylation sites is 3. The van der Waals surface area contributed by atoms with Gasteiger partial charge in [0.2, 0.25) is 0 Å². The number of furan rings is 1. The third kappa shape index (κ3) is 7.02. The van der Waals surface area contributed by atoms with Gasteiger partial charge in [0, 0.05) is 33.3 Å². The van der Waals surface area contributed by atoms with E-state index in [1.807, 2.05) is 12.1 Å². The van der Waals surface area contributed by atoms with E-state index in [1.165, 1.54) is 49.7 Å². The van der Waals surface area contributed by atoms with Crippen molar-refractivity contribution >= 4 is 49.8 Å². The molecule has 310 valence electrons. The standard InChI is InChI=1S/C64H43NO/c1-3-18-44(19-4-1)48-38-41-54(45-20-5-2-6-21-45)61(43-48)57-28-10-9-27-56(57)58-29-11-13-34-62(58)65(51-25-15-24-49(42-51)53-31-16-23-46-22-7-8-26-52(46)53)50-39-36-47(37-40-50)55-32-17-33-60-59-30-12-14-35-63(59)66-64(55)60/h1-43H. The summed E-state index contributed by atoms with van der Waals surface area (Å²) in [7, 11) is 0. The lowest BCUT2D eigenvalue weighted by Crippen LogP contribution is -2.11. The number of fused-ring (bicyclic) bond motifs is 4. The Morgan fingerprint density at radius 1 is 0.258 bits per heavy atom. The van der Waals surface area contributed by atoms with E-state index < -0.39 is 0 Å². The summed E-state index contributed by atoms with van der Waals surface area (Å²) in [6.07, 6.45) is 0. The zero-order valence-electron chi connectivity index (χ0n) is 36.2. The number of rotatable bonds is 9. The molecule has 0 aliphatic rings. The molecule has 0 fully saturated rings. The van der Waals surface area contributed by atoms with Gasteiger partial charge in [0.15, 0.2) is 0 Å². The molecule has 1 heterocycles. The normalized spacial score (nSPS) is 11.3. The summed E-state index contributed by atoms with van der Waals surface area (Å²) in [5.41, 5.74) is 18.9. The minimum Gasteiger partial charge on any atom is -0.455 e. The molecule has 0 radical (unpaired) electrons. The predicted molar refractivity (Wildman–Crippen MR) is 279 cm³/mol. The van der Waals surface area contributed by atoms with Gasteiger partial charge in [0.1, 0.15) is 11.2 Å². The van der Waals surface area contributed by atoms with Gasteiger partial charge >= 0.3 is 0 Å². The maximum atomic E-state index is 6.51. The average Bonchev–Trinajstić information content (AvgIpc) is 3.79. The first-order valence-corrected chi connectivity index (χ1v) is 22.6. The van der Waals surface area contributed by atoms with Crippen LogP contribution in [0.25, 0.3) is 99.5 Å². The van der Waals surface area contributed by atoms with Gasteiger partial charge in [-0.05, 0) is 109 Å². The van der Waals surface area contributed by atoms with Crippen LogP contribution in [0.2, 0.25) is 0 Å². The zero-order chi connectivity index (χ0) is 43.8. The molecule has 0 N–H and O–H groups in total. The molecular weight excluding hydrogens is 799 g/mol. The quantitative estimate of drug-likeness (QED) is 0.144. The Kier molecular flexibility index (Phi) is 9.89. The monoisotopic (exact) mass is 841 g/mol. The molecule has 11 aromatic carbocycles. The highest BCUT2D eigenvalue weighted by molar-refractivity contribution is 6.09. The molecule has 0 atom stereocenters. The Morgan fingerprint density at radius 3 is 1.62 bits per heavy atom. The van der Waals surface area contributed by atoms with E-state index in [-0.39, 0.29) is 0 Å². The van der Waals surface area contributed by atoms with Crippen molar-refractivity contribution < 1.29 is 4.42 Å². The fourth-order valence-electron chi connectivity index (χ4n) is 9.78. The number of hydrogen-bond acceptors (Lipinski definition) is 2. The predicted octanol–water partition coefficient (Wildman–Crippen LogP) is 18.2. The van der Waals surface area contributed by atoms with Crippen molar-refractivity contribution in [1.29, 1.82) is 0 Å². The fourth-order valence-corrected chi connectivity index (χ4v) is 9.78. The van der Waals surface area contributed by atoms with Gasteiger partial charge in [0.05, 0.1) is 5.69 Å². The molecule has 0 aliphatic heterocycles. The highest BCUT2D eigenvalue weighted by Crippen LogP contribution is 2.47. The van der Waals surface area contributed by atoms with E-state index >= 15 is 0 Å². The number of benzene rings is 11. The van der Waals surface area contributed by atoms with Crippen LogP contribution < -0.4 is 4.90 Å². The van der Waals surface area contributed by atoms with Gasteiger partial charge in [0.25, 0.3) is 0 Å². The Morgan fingerprint density at radius 2 is 0.803 bits per heavy atom. The van der Waals surface area contributed by atoms with Crippen LogP contribution in [0.3, 0.4) is 0 Å². The molecule has 0 amide bonds. The SMILES string of the molecule is c1ccc(-c2ccc(-c3ccccc3)c(-c3ccccc3-c3ccccc3N(c3ccc(-c4cccc5c4oc4ccccc45)cc3)c3cccc(-c4cccc5ccccc45)c3)c2)cc1. The van der Waals surface area contributed by atoms with Gasteiger partial charge in [-0.3, -0.25) is 0 Å². The smallest absolute Gasteiger partial charge is 0.143 e. The number of hydrogen-bond donors (Lipinski definition) is 0. The Balaban J connectivity index is 1.05. The summed E-state index contributed by atoms with van der Waals surface area (Å²) in [4.78, 5) is 2.42. The Hall–Kier alpha value is -8.72.